The molecule has 1 aromatic rings. The van der Waals surface area contributed by atoms with Crippen LogP contribution < -0.4 is 0 Å². The summed E-state index contributed by atoms with van der Waals surface area (Å²) in [5.74, 6) is 1.09. The van der Waals surface area contributed by atoms with E-state index in [2.05, 4.69) is 42.2 Å². The first-order valence-corrected chi connectivity index (χ1v) is 7.66. The Hall–Kier alpha value is -0.550. The number of methoxy groups -OCH3 is 2. The summed E-state index contributed by atoms with van der Waals surface area (Å²) in [5.41, 5.74) is 0. The van der Waals surface area contributed by atoms with Crippen LogP contribution in [0.2, 0.25) is 0 Å². The fraction of sp³-hybridized carbons (Fsp3) is 0.600. The second-order valence-corrected chi connectivity index (χ2v) is 5.66. The quantitative estimate of drug-likeness (QED) is 0.616. The molecule has 1 unspecified atom stereocenters. The van der Waals surface area contributed by atoms with Crippen LogP contribution in [0.1, 0.15) is 6.92 Å². The van der Waals surface area contributed by atoms with Crippen molar-refractivity contribution in [1.29, 1.82) is 0 Å². The summed E-state index contributed by atoms with van der Waals surface area (Å²) >= 11 is 1.89. The van der Waals surface area contributed by atoms with Gasteiger partial charge < -0.3 is 9.47 Å². The SMILES string of the molecule is COCCN(CCSc1ccccc1)C(C)COC. The molecule has 0 spiro atoms. The van der Waals surface area contributed by atoms with E-state index < -0.39 is 0 Å². The van der Waals surface area contributed by atoms with Crippen molar-refractivity contribution in [2.45, 2.75) is 17.9 Å². The van der Waals surface area contributed by atoms with Gasteiger partial charge in [-0.1, -0.05) is 18.2 Å². The van der Waals surface area contributed by atoms with Crippen molar-refractivity contribution in [3.8, 4) is 0 Å². The monoisotopic (exact) mass is 283 g/mol. The lowest BCUT2D eigenvalue weighted by molar-refractivity contribution is 0.0793. The lowest BCUT2D eigenvalue weighted by Crippen LogP contribution is -2.39. The van der Waals surface area contributed by atoms with Gasteiger partial charge in [0.1, 0.15) is 0 Å². The van der Waals surface area contributed by atoms with Crippen LogP contribution in [0.3, 0.4) is 0 Å². The third-order valence-electron chi connectivity index (χ3n) is 3.00. The largest absolute Gasteiger partial charge is 0.383 e. The van der Waals surface area contributed by atoms with E-state index >= 15 is 0 Å². The van der Waals surface area contributed by atoms with E-state index in [4.69, 9.17) is 9.47 Å². The molecule has 0 aliphatic carbocycles. The molecule has 0 N–H and O–H groups in total. The Morgan fingerprint density at radius 1 is 1.11 bits per heavy atom. The van der Waals surface area contributed by atoms with Crippen molar-refractivity contribution < 1.29 is 9.47 Å². The molecule has 4 heteroatoms. The van der Waals surface area contributed by atoms with Gasteiger partial charge in [0.25, 0.3) is 0 Å². The summed E-state index contributed by atoms with van der Waals surface area (Å²) in [6.07, 6.45) is 0. The molecule has 1 atom stereocenters. The second-order valence-electron chi connectivity index (χ2n) is 4.49. The topological polar surface area (TPSA) is 21.7 Å². The van der Waals surface area contributed by atoms with Crippen LogP contribution in [0.15, 0.2) is 35.2 Å². The molecule has 0 fully saturated rings. The highest BCUT2D eigenvalue weighted by molar-refractivity contribution is 7.99. The van der Waals surface area contributed by atoms with Gasteiger partial charge in [-0.3, -0.25) is 4.90 Å². The van der Waals surface area contributed by atoms with E-state index in [0.29, 0.717) is 6.04 Å². The highest BCUT2D eigenvalue weighted by atomic mass is 32.2. The second kappa shape index (κ2) is 10.3. The molecule has 3 nitrogen and oxygen atoms in total. The van der Waals surface area contributed by atoms with Gasteiger partial charge in [-0.05, 0) is 19.1 Å². The Bertz CT molecular complexity index is 321. The number of hydrogen-bond acceptors (Lipinski definition) is 4. The number of rotatable bonds is 10. The average Bonchev–Trinajstić information content (AvgIpc) is 2.44. The van der Waals surface area contributed by atoms with Crippen LogP contribution >= 0.6 is 11.8 Å². The first-order chi connectivity index (χ1) is 9.27. The van der Waals surface area contributed by atoms with Crippen LogP contribution in [-0.2, 0) is 9.47 Å². The average molecular weight is 283 g/mol. The zero-order chi connectivity index (χ0) is 13.9. The molecule has 0 amide bonds. The van der Waals surface area contributed by atoms with Crippen LogP contribution in [0.25, 0.3) is 0 Å². The Kier molecular flexibility index (Phi) is 8.91. The van der Waals surface area contributed by atoms with E-state index in [1.165, 1.54) is 4.90 Å². The Morgan fingerprint density at radius 2 is 1.84 bits per heavy atom. The van der Waals surface area contributed by atoms with Crippen molar-refractivity contribution in [2.24, 2.45) is 0 Å². The summed E-state index contributed by atoms with van der Waals surface area (Å²) in [7, 11) is 3.50. The first kappa shape index (κ1) is 16.5. The van der Waals surface area contributed by atoms with Crippen molar-refractivity contribution in [3.05, 3.63) is 30.3 Å². The molecule has 108 valence electrons. The third-order valence-corrected chi connectivity index (χ3v) is 4.00. The van der Waals surface area contributed by atoms with Crippen LogP contribution in [0.5, 0.6) is 0 Å². The third kappa shape index (κ3) is 6.97. The van der Waals surface area contributed by atoms with E-state index in [1.54, 1.807) is 14.2 Å². The predicted octanol–water partition coefficient (Wildman–Crippen LogP) is 2.76. The van der Waals surface area contributed by atoms with Crippen LogP contribution in [0, 0.1) is 0 Å². The molecule has 0 radical (unpaired) electrons. The van der Waals surface area contributed by atoms with Crippen molar-refractivity contribution >= 4 is 11.8 Å². The molecule has 0 aliphatic rings. The van der Waals surface area contributed by atoms with Gasteiger partial charge >= 0.3 is 0 Å². The van der Waals surface area contributed by atoms with Gasteiger partial charge in [-0.15, -0.1) is 11.8 Å². The van der Waals surface area contributed by atoms with Crippen molar-refractivity contribution in [3.63, 3.8) is 0 Å². The highest BCUT2D eigenvalue weighted by Gasteiger charge is 2.13. The maximum Gasteiger partial charge on any atom is 0.0615 e. The van der Waals surface area contributed by atoms with E-state index in [0.717, 1.165) is 32.1 Å². The van der Waals surface area contributed by atoms with Gasteiger partial charge in [0, 0.05) is 44.0 Å². The Balaban J connectivity index is 2.35. The van der Waals surface area contributed by atoms with Gasteiger partial charge in [-0.25, -0.2) is 0 Å². The zero-order valence-corrected chi connectivity index (χ0v) is 13.0. The smallest absolute Gasteiger partial charge is 0.0615 e. The minimum Gasteiger partial charge on any atom is -0.383 e. The summed E-state index contributed by atoms with van der Waals surface area (Å²) in [4.78, 5) is 3.75. The van der Waals surface area contributed by atoms with Gasteiger partial charge in [0.05, 0.1) is 13.2 Å². The molecular weight excluding hydrogens is 258 g/mol. The van der Waals surface area contributed by atoms with E-state index in [-0.39, 0.29) is 0 Å². The molecule has 0 aliphatic heterocycles. The minimum absolute atomic E-state index is 0.427. The highest BCUT2D eigenvalue weighted by Crippen LogP contribution is 2.17. The minimum atomic E-state index is 0.427. The number of nitrogens with zero attached hydrogens (tertiary/aromatic N) is 1. The predicted molar refractivity (Wildman–Crippen MR) is 82.0 cm³/mol. The number of benzene rings is 1. The zero-order valence-electron chi connectivity index (χ0n) is 12.2. The number of thioether (sulfide) groups is 1. The van der Waals surface area contributed by atoms with E-state index in [1.807, 2.05) is 11.8 Å². The molecule has 1 rings (SSSR count). The molecule has 0 bridgehead atoms. The Morgan fingerprint density at radius 3 is 2.47 bits per heavy atom. The summed E-state index contributed by atoms with van der Waals surface area (Å²) in [6, 6.07) is 11.0. The van der Waals surface area contributed by atoms with Gasteiger partial charge in [-0.2, -0.15) is 0 Å². The molecule has 19 heavy (non-hydrogen) atoms. The van der Waals surface area contributed by atoms with Crippen LogP contribution in [-0.4, -0.2) is 57.2 Å². The normalized spacial score (nSPS) is 12.8. The van der Waals surface area contributed by atoms with Crippen molar-refractivity contribution in [1.82, 2.24) is 4.90 Å². The maximum absolute atomic E-state index is 5.24. The van der Waals surface area contributed by atoms with E-state index in [9.17, 15) is 0 Å². The summed E-state index contributed by atoms with van der Waals surface area (Å²) in [5, 5.41) is 0. The van der Waals surface area contributed by atoms with Gasteiger partial charge in [0.2, 0.25) is 0 Å². The molecule has 0 saturated heterocycles. The molecule has 0 aromatic heterocycles. The molecule has 0 saturated carbocycles. The lowest BCUT2D eigenvalue weighted by Gasteiger charge is -2.28. The molecular formula is C15H25NO2S. The Labute approximate surface area is 121 Å². The lowest BCUT2D eigenvalue weighted by atomic mass is 10.3. The first-order valence-electron chi connectivity index (χ1n) is 6.67. The summed E-state index contributed by atoms with van der Waals surface area (Å²) < 4.78 is 10.4. The van der Waals surface area contributed by atoms with Crippen molar-refractivity contribution in [2.75, 3.05) is 46.3 Å². The fourth-order valence-corrected chi connectivity index (χ4v) is 2.82. The summed E-state index contributed by atoms with van der Waals surface area (Å²) in [6.45, 7) is 5.74. The molecule has 0 heterocycles. The number of ether oxygens (including phenoxy) is 2. The molecule has 1 aromatic carbocycles. The maximum atomic E-state index is 5.24. The fourth-order valence-electron chi connectivity index (χ4n) is 1.91. The number of hydrogen-bond donors (Lipinski definition) is 0. The van der Waals surface area contributed by atoms with Gasteiger partial charge in [0.15, 0.2) is 0 Å². The van der Waals surface area contributed by atoms with Crippen LogP contribution in [0.4, 0.5) is 0 Å². The standard InChI is InChI=1S/C15H25NO2S/c1-14(13-18-3)16(9-11-17-2)10-12-19-15-7-5-4-6-8-15/h4-8,14H,9-13H2,1-3H3.